The first-order valence-electron chi connectivity index (χ1n) is 9.86. The van der Waals surface area contributed by atoms with Gasteiger partial charge in [-0.05, 0) is 55.5 Å². The number of hydrogen-bond donors (Lipinski definition) is 2. The Bertz CT molecular complexity index is 1560. The summed E-state index contributed by atoms with van der Waals surface area (Å²) in [6.07, 6.45) is 0. The fourth-order valence-electron chi connectivity index (χ4n) is 3.50. The molecule has 0 radical (unpaired) electrons. The maximum Gasteiger partial charge on any atom is 0.293 e. The molecule has 0 aliphatic rings. The third kappa shape index (κ3) is 4.06. The Morgan fingerprint density at radius 3 is 2.64 bits per heavy atom. The number of carbonyl (C=O) groups is 1. The van der Waals surface area contributed by atoms with Crippen LogP contribution in [0.2, 0.25) is 10.0 Å². The van der Waals surface area contributed by atoms with Crippen molar-refractivity contribution < 1.29 is 13.6 Å². The zero-order valence-electron chi connectivity index (χ0n) is 17.1. The van der Waals surface area contributed by atoms with Gasteiger partial charge in [-0.15, -0.1) is 0 Å². The summed E-state index contributed by atoms with van der Waals surface area (Å²) in [7, 11) is 0. The number of rotatable bonds is 3. The van der Waals surface area contributed by atoms with Crippen LogP contribution < -0.4 is 10.6 Å². The van der Waals surface area contributed by atoms with Crippen LogP contribution >= 0.6 is 35.4 Å². The van der Waals surface area contributed by atoms with Crippen LogP contribution in [0.4, 0.5) is 5.69 Å². The molecule has 2 aromatic heterocycles. The summed E-state index contributed by atoms with van der Waals surface area (Å²) in [6, 6.07) is 18.0. The summed E-state index contributed by atoms with van der Waals surface area (Å²) in [5.41, 5.74) is 3.78. The Morgan fingerprint density at radius 1 is 1.00 bits per heavy atom. The highest BCUT2D eigenvalue weighted by Gasteiger charge is 2.19. The fraction of sp³-hybridized carbons (Fsp3) is 0.0417. The van der Waals surface area contributed by atoms with Crippen molar-refractivity contribution in [3.63, 3.8) is 0 Å². The molecule has 0 spiro atoms. The van der Waals surface area contributed by atoms with E-state index in [4.69, 9.17) is 44.3 Å². The Hall–Kier alpha value is -3.39. The standard InChI is InChI=1S/C24H15Cl2N3O3S/c1-12-14-5-2-3-8-18(14)31-21(12)22(30)29-24(33)27-13-9-10-19-17(11-13)28-23(32-19)15-6-4-7-16(25)20(15)26/h2-11H,1H3,(H2,27,29,30,33). The van der Waals surface area contributed by atoms with Crippen molar-refractivity contribution in [2.24, 2.45) is 0 Å². The van der Waals surface area contributed by atoms with Crippen LogP contribution in [-0.2, 0) is 0 Å². The molecule has 2 N–H and O–H groups in total. The second kappa shape index (κ2) is 8.51. The maximum atomic E-state index is 12.7. The largest absolute Gasteiger partial charge is 0.451 e. The third-order valence-electron chi connectivity index (χ3n) is 5.10. The van der Waals surface area contributed by atoms with Gasteiger partial charge >= 0.3 is 0 Å². The van der Waals surface area contributed by atoms with Gasteiger partial charge in [0.25, 0.3) is 5.91 Å². The molecular formula is C24H15Cl2N3O3S. The summed E-state index contributed by atoms with van der Waals surface area (Å²) in [4.78, 5) is 17.2. The number of amides is 1. The van der Waals surface area contributed by atoms with Crippen LogP contribution in [0.1, 0.15) is 16.1 Å². The van der Waals surface area contributed by atoms with Gasteiger partial charge in [0.05, 0.1) is 15.6 Å². The predicted molar refractivity (Wildman–Crippen MR) is 134 cm³/mol. The van der Waals surface area contributed by atoms with Gasteiger partial charge in [0.2, 0.25) is 5.89 Å². The molecule has 0 bridgehead atoms. The lowest BCUT2D eigenvalue weighted by Gasteiger charge is -2.08. The predicted octanol–water partition coefficient (Wildman–Crippen LogP) is 6.98. The number of nitrogens with one attached hydrogen (secondary N) is 2. The molecule has 0 aliphatic carbocycles. The molecule has 2 heterocycles. The van der Waals surface area contributed by atoms with E-state index in [1.165, 1.54) is 0 Å². The van der Waals surface area contributed by atoms with Crippen molar-refractivity contribution >= 4 is 74.2 Å². The summed E-state index contributed by atoms with van der Waals surface area (Å²) in [5, 5.41) is 7.43. The number of halogens is 2. The van der Waals surface area contributed by atoms with Crippen molar-refractivity contribution in [2.75, 3.05) is 5.32 Å². The first kappa shape index (κ1) is 21.5. The highest BCUT2D eigenvalue weighted by Crippen LogP contribution is 2.35. The zero-order chi connectivity index (χ0) is 23.1. The molecular weight excluding hydrogens is 481 g/mol. The lowest BCUT2D eigenvalue weighted by molar-refractivity contribution is 0.0952. The zero-order valence-corrected chi connectivity index (χ0v) is 19.4. The van der Waals surface area contributed by atoms with Gasteiger partial charge in [0.1, 0.15) is 11.1 Å². The molecule has 0 aliphatic heterocycles. The van der Waals surface area contributed by atoms with Gasteiger partial charge in [-0.3, -0.25) is 10.1 Å². The second-order valence-corrected chi connectivity index (χ2v) is 8.46. The molecule has 3 aromatic carbocycles. The quantitative estimate of drug-likeness (QED) is 0.262. The minimum atomic E-state index is -0.429. The number of nitrogens with zero attached hydrogens (tertiary/aromatic N) is 1. The molecule has 0 unspecified atom stereocenters. The number of para-hydroxylation sites is 1. The average molecular weight is 496 g/mol. The van der Waals surface area contributed by atoms with Crippen molar-refractivity contribution in [1.82, 2.24) is 10.3 Å². The van der Waals surface area contributed by atoms with Crippen LogP contribution in [0.15, 0.2) is 69.5 Å². The third-order valence-corrected chi connectivity index (χ3v) is 6.13. The lowest BCUT2D eigenvalue weighted by atomic mass is 10.1. The number of carbonyl (C=O) groups excluding carboxylic acids is 1. The molecule has 164 valence electrons. The number of aromatic nitrogens is 1. The minimum Gasteiger partial charge on any atom is -0.451 e. The van der Waals surface area contributed by atoms with Crippen LogP contribution in [0.25, 0.3) is 33.5 Å². The smallest absolute Gasteiger partial charge is 0.293 e. The summed E-state index contributed by atoms with van der Waals surface area (Å²) in [6.45, 7) is 1.83. The number of benzene rings is 3. The number of aryl methyl sites for hydroxylation is 1. The highest BCUT2D eigenvalue weighted by atomic mass is 35.5. The van der Waals surface area contributed by atoms with E-state index < -0.39 is 5.91 Å². The van der Waals surface area contributed by atoms with Crippen LogP contribution in [0.3, 0.4) is 0 Å². The highest BCUT2D eigenvalue weighted by molar-refractivity contribution is 7.80. The normalized spacial score (nSPS) is 11.1. The van der Waals surface area contributed by atoms with Crippen molar-refractivity contribution in [2.45, 2.75) is 6.92 Å². The van der Waals surface area contributed by atoms with E-state index in [1.807, 2.05) is 31.2 Å². The molecule has 5 rings (SSSR count). The molecule has 0 saturated carbocycles. The van der Waals surface area contributed by atoms with Crippen molar-refractivity contribution in [1.29, 1.82) is 0 Å². The Kier molecular flexibility index (Phi) is 5.54. The summed E-state index contributed by atoms with van der Waals surface area (Å²) < 4.78 is 11.5. The van der Waals surface area contributed by atoms with E-state index in [-0.39, 0.29) is 10.9 Å². The molecule has 1 amide bonds. The van der Waals surface area contributed by atoms with Gasteiger partial charge in [0.15, 0.2) is 16.5 Å². The minimum absolute atomic E-state index is 0.126. The molecule has 0 saturated heterocycles. The first-order chi connectivity index (χ1) is 15.9. The molecule has 0 atom stereocenters. The van der Waals surface area contributed by atoms with Crippen molar-refractivity contribution in [3.05, 3.63) is 82.0 Å². The van der Waals surface area contributed by atoms with Crippen LogP contribution in [0, 0.1) is 6.92 Å². The number of fused-ring (bicyclic) bond motifs is 2. The Balaban J connectivity index is 1.34. The first-order valence-corrected chi connectivity index (χ1v) is 11.0. The van der Waals surface area contributed by atoms with E-state index in [2.05, 4.69) is 15.6 Å². The number of oxazole rings is 1. The van der Waals surface area contributed by atoms with E-state index in [1.54, 1.807) is 36.4 Å². The van der Waals surface area contributed by atoms with Crippen molar-refractivity contribution in [3.8, 4) is 11.5 Å². The average Bonchev–Trinajstić information content (AvgIpc) is 3.36. The molecule has 33 heavy (non-hydrogen) atoms. The number of furan rings is 1. The SMILES string of the molecule is Cc1c(C(=O)NC(=S)Nc2ccc3oc(-c4cccc(Cl)c4Cl)nc3c2)oc2ccccc12. The van der Waals surface area contributed by atoms with Gasteiger partial charge < -0.3 is 14.2 Å². The topological polar surface area (TPSA) is 80.3 Å². The van der Waals surface area contributed by atoms with Crippen LogP contribution in [0.5, 0.6) is 0 Å². The fourth-order valence-corrected chi connectivity index (χ4v) is 4.09. The summed E-state index contributed by atoms with van der Waals surface area (Å²) >= 11 is 17.7. The molecule has 0 fully saturated rings. The van der Waals surface area contributed by atoms with Gasteiger partial charge in [-0.2, -0.15) is 0 Å². The van der Waals surface area contributed by atoms with E-state index in [9.17, 15) is 4.79 Å². The Morgan fingerprint density at radius 2 is 1.82 bits per heavy atom. The van der Waals surface area contributed by atoms with Gasteiger partial charge in [-0.25, -0.2) is 4.98 Å². The van der Waals surface area contributed by atoms with E-state index in [0.717, 1.165) is 10.9 Å². The lowest BCUT2D eigenvalue weighted by Crippen LogP contribution is -2.34. The maximum absolute atomic E-state index is 12.7. The van der Waals surface area contributed by atoms with Crippen LogP contribution in [-0.4, -0.2) is 16.0 Å². The number of anilines is 1. The molecule has 6 nitrogen and oxygen atoms in total. The number of thiocarbonyl (C=S) groups is 1. The van der Waals surface area contributed by atoms with Gasteiger partial charge in [-0.1, -0.05) is 47.5 Å². The number of hydrogen-bond acceptors (Lipinski definition) is 5. The van der Waals surface area contributed by atoms with Gasteiger partial charge in [0, 0.05) is 16.6 Å². The molecule has 5 aromatic rings. The second-order valence-electron chi connectivity index (χ2n) is 7.26. The van der Waals surface area contributed by atoms with E-state index in [0.29, 0.717) is 43.9 Å². The Labute approximate surface area is 203 Å². The molecule has 9 heteroatoms. The summed E-state index contributed by atoms with van der Waals surface area (Å²) in [5.74, 6) is 0.142. The van der Waals surface area contributed by atoms with E-state index >= 15 is 0 Å². The monoisotopic (exact) mass is 495 g/mol.